The molecule has 0 amide bonds. The summed E-state index contributed by atoms with van der Waals surface area (Å²) >= 11 is 0. The Bertz CT molecular complexity index is 524. The van der Waals surface area contributed by atoms with Crippen molar-refractivity contribution in [2.75, 3.05) is 6.54 Å². The average molecular weight is 288 g/mol. The van der Waals surface area contributed by atoms with E-state index >= 15 is 0 Å². The first-order valence-electron chi connectivity index (χ1n) is 7.56. The van der Waals surface area contributed by atoms with Crippen LogP contribution < -0.4 is 10.1 Å². The number of rotatable bonds is 8. The van der Waals surface area contributed by atoms with E-state index in [9.17, 15) is 0 Å². The van der Waals surface area contributed by atoms with Gasteiger partial charge < -0.3 is 10.1 Å². The lowest BCUT2D eigenvalue weighted by molar-refractivity contribution is 0.168. The number of ether oxygens (including phenoxy) is 1. The van der Waals surface area contributed by atoms with E-state index in [1.165, 1.54) is 0 Å². The molecule has 0 bridgehead atoms. The SMILES string of the molecule is CCCC(CNC(C)C)Oc1ncn(-c2ccccc2)n1. The standard InChI is InChI=1S/C16H24N4O/c1-4-8-15(11-17-13(2)3)21-16-18-12-20(19-16)14-9-6-5-7-10-14/h5-7,9-10,12-13,15,17H,4,8,11H2,1-3H3. The molecule has 0 fully saturated rings. The molecule has 0 saturated heterocycles. The Morgan fingerprint density at radius 1 is 1.24 bits per heavy atom. The van der Waals surface area contributed by atoms with E-state index in [1.54, 1.807) is 11.0 Å². The van der Waals surface area contributed by atoms with Crippen molar-refractivity contribution in [1.29, 1.82) is 0 Å². The molecule has 0 aliphatic carbocycles. The van der Waals surface area contributed by atoms with E-state index in [2.05, 4.69) is 36.2 Å². The number of nitrogens with one attached hydrogen (secondary N) is 1. The topological polar surface area (TPSA) is 52.0 Å². The van der Waals surface area contributed by atoms with Crippen molar-refractivity contribution in [3.63, 3.8) is 0 Å². The summed E-state index contributed by atoms with van der Waals surface area (Å²) in [5.41, 5.74) is 0.979. The third kappa shape index (κ3) is 4.86. The molecule has 0 aliphatic rings. The van der Waals surface area contributed by atoms with E-state index in [0.717, 1.165) is 25.1 Å². The largest absolute Gasteiger partial charge is 0.458 e. The minimum atomic E-state index is 0.101. The van der Waals surface area contributed by atoms with Gasteiger partial charge in [0.2, 0.25) is 0 Å². The molecule has 1 aromatic heterocycles. The van der Waals surface area contributed by atoms with E-state index in [4.69, 9.17) is 4.74 Å². The Morgan fingerprint density at radius 3 is 2.67 bits per heavy atom. The van der Waals surface area contributed by atoms with Gasteiger partial charge in [0.05, 0.1) is 5.69 Å². The zero-order chi connectivity index (χ0) is 15.1. The van der Waals surface area contributed by atoms with Gasteiger partial charge in [0.15, 0.2) is 0 Å². The zero-order valence-electron chi connectivity index (χ0n) is 13.0. The molecular formula is C16H24N4O. The second kappa shape index (κ2) is 7.78. The summed E-state index contributed by atoms with van der Waals surface area (Å²) in [6.07, 6.45) is 3.84. The molecule has 5 heteroatoms. The number of nitrogens with zero attached hydrogens (tertiary/aromatic N) is 3. The maximum Gasteiger partial charge on any atom is 0.336 e. The van der Waals surface area contributed by atoms with Crippen LogP contribution in [0.5, 0.6) is 6.01 Å². The van der Waals surface area contributed by atoms with E-state index in [1.807, 2.05) is 30.3 Å². The Kier molecular flexibility index (Phi) is 5.75. The van der Waals surface area contributed by atoms with Crippen molar-refractivity contribution in [3.8, 4) is 11.7 Å². The van der Waals surface area contributed by atoms with Crippen LogP contribution in [0.4, 0.5) is 0 Å². The fourth-order valence-electron chi connectivity index (χ4n) is 2.05. The highest BCUT2D eigenvalue weighted by molar-refractivity contribution is 5.29. The second-order valence-corrected chi connectivity index (χ2v) is 5.40. The van der Waals surface area contributed by atoms with Crippen molar-refractivity contribution >= 4 is 0 Å². The summed E-state index contributed by atoms with van der Waals surface area (Å²) in [5.74, 6) is 0. The van der Waals surface area contributed by atoms with Gasteiger partial charge in [-0.05, 0) is 18.6 Å². The molecule has 21 heavy (non-hydrogen) atoms. The smallest absolute Gasteiger partial charge is 0.336 e. The highest BCUT2D eigenvalue weighted by atomic mass is 16.5. The molecule has 0 aliphatic heterocycles. The van der Waals surface area contributed by atoms with Crippen LogP contribution in [-0.2, 0) is 0 Å². The Hall–Kier alpha value is -1.88. The number of hydrogen-bond acceptors (Lipinski definition) is 4. The number of aromatic nitrogens is 3. The molecule has 0 radical (unpaired) electrons. The van der Waals surface area contributed by atoms with E-state index < -0.39 is 0 Å². The van der Waals surface area contributed by atoms with Crippen LogP contribution in [0.3, 0.4) is 0 Å². The van der Waals surface area contributed by atoms with Crippen molar-refractivity contribution in [1.82, 2.24) is 20.1 Å². The fourth-order valence-corrected chi connectivity index (χ4v) is 2.05. The van der Waals surface area contributed by atoms with Gasteiger partial charge >= 0.3 is 6.01 Å². The summed E-state index contributed by atoms with van der Waals surface area (Å²) < 4.78 is 7.63. The molecule has 0 saturated carbocycles. The highest BCUT2D eigenvalue weighted by Gasteiger charge is 2.13. The van der Waals surface area contributed by atoms with Crippen LogP contribution in [0.15, 0.2) is 36.7 Å². The lowest BCUT2D eigenvalue weighted by atomic mass is 10.2. The van der Waals surface area contributed by atoms with Gasteiger partial charge in [0.1, 0.15) is 12.4 Å². The first kappa shape index (κ1) is 15.5. The van der Waals surface area contributed by atoms with Crippen molar-refractivity contribution in [3.05, 3.63) is 36.7 Å². The van der Waals surface area contributed by atoms with E-state index in [0.29, 0.717) is 12.1 Å². The molecule has 5 nitrogen and oxygen atoms in total. The quantitative estimate of drug-likeness (QED) is 0.811. The minimum Gasteiger partial charge on any atom is -0.458 e. The Morgan fingerprint density at radius 2 is 2.00 bits per heavy atom. The van der Waals surface area contributed by atoms with Crippen molar-refractivity contribution < 1.29 is 4.74 Å². The maximum absolute atomic E-state index is 5.90. The third-order valence-electron chi connectivity index (χ3n) is 3.13. The van der Waals surface area contributed by atoms with Crippen molar-refractivity contribution in [2.45, 2.75) is 45.8 Å². The predicted molar refractivity (Wildman–Crippen MR) is 83.8 cm³/mol. The molecule has 2 rings (SSSR count). The molecule has 1 N–H and O–H groups in total. The summed E-state index contributed by atoms with van der Waals surface area (Å²) in [7, 11) is 0. The third-order valence-corrected chi connectivity index (χ3v) is 3.13. The molecular weight excluding hydrogens is 264 g/mol. The van der Waals surface area contributed by atoms with Gasteiger partial charge in [0, 0.05) is 12.6 Å². The zero-order valence-corrected chi connectivity index (χ0v) is 13.0. The molecule has 114 valence electrons. The molecule has 2 aromatic rings. The molecule has 0 spiro atoms. The normalized spacial score (nSPS) is 12.6. The van der Waals surface area contributed by atoms with Gasteiger partial charge in [-0.15, -0.1) is 5.10 Å². The van der Waals surface area contributed by atoms with Crippen LogP contribution in [0.2, 0.25) is 0 Å². The van der Waals surface area contributed by atoms with Gasteiger partial charge in [-0.3, -0.25) is 0 Å². The van der Waals surface area contributed by atoms with Gasteiger partial charge in [-0.2, -0.15) is 4.98 Å². The van der Waals surface area contributed by atoms with Crippen LogP contribution in [0.25, 0.3) is 5.69 Å². The van der Waals surface area contributed by atoms with Gasteiger partial charge in [-0.1, -0.05) is 45.4 Å². The predicted octanol–water partition coefficient (Wildman–Crippen LogP) is 2.81. The lowest BCUT2D eigenvalue weighted by Gasteiger charge is -2.18. The fraction of sp³-hybridized carbons (Fsp3) is 0.500. The summed E-state index contributed by atoms with van der Waals surface area (Å²) in [5, 5.41) is 7.79. The molecule has 1 atom stereocenters. The maximum atomic E-state index is 5.90. The number of hydrogen-bond donors (Lipinski definition) is 1. The first-order valence-corrected chi connectivity index (χ1v) is 7.56. The second-order valence-electron chi connectivity index (χ2n) is 5.40. The van der Waals surface area contributed by atoms with E-state index in [-0.39, 0.29) is 6.10 Å². The Labute approximate surface area is 126 Å². The highest BCUT2D eigenvalue weighted by Crippen LogP contribution is 2.11. The van der Waals surface area contributed by atoms with Gasteiger partial charge in [-0.25, -0.2) is 4.68 Å². The van der Waals surface area contributed by atoms with Gasteiger partial charge in [0.25, 0.3) is 0 Å². The molecule has 1 heterocycles. The Balaban J connectivity index is 1.99. The monoisotopic (exact) mass is 288 g/mol. The number of para-hydroxylation sites is 1. The molecule has 1 aromatic carbocycles. The summed E-state index contributed by atoms with van der Waals surface area (Å²) in [6, 6.07) is 10.8. The van der Waals surface area contributed by atoms with Crippen LogP contribution in [0, 0.1) is 0 Å². The average Bonchev–Trinajstić information content (AvgIpc) is 2.94. The first-order chi connectivity index (χ1) is 10.2. The minimum absolute atomic E-state index is 0.101. The summed E-state index contributed by atoms with van der Waals surface area (Å²) in [4.78, 5) is 4.24. The van der Waals surface area contributed by atoms with Crippen LogP contribution in [-0.4, -0.2) is 33.5 Å². The number of benzene rings is 1. The van der Waals surface area contributed by atoms with Crippen LogP contribution >= 0.6 is 0 Å². The van der Waals surface area contributed by atoms with Crippen LogP contribution in [0.1, 0.15) is 33.6 Å². The summed E-state index contributed by atoms with van der Waals surface area (Å²) in [6.45, 7) is 7.23. The lowest BCUT2D eigenvalue weighted by Crippen LogP contribution is -2.35. The van der Waals surface area contributed by atoms with Crippen molar-refractivity contribution in [2.24, 2.45) is 0 Å². The molecule has 1 unspecified atom stereocenters.